The lowest BCUT2D eigenvalue weighted by Gasteiger charge is -2.19. The molecule has 0 saturated heterocycles. The maximum absolute atomic E-state index is 12.8. The molecule has 0 spiro atoms. The average molecular weight is 391 g/mol. The van der Waals surface area contributed by atoms with Crippen LogP contribution >= 0.6 is 0 Å². The van der Waals surface area contributed by atoms with Crippen molar-refractivity contribution >= 4 is 11.9 Å². The molecule has 0 fully saturated rings. The third kappa shape index (κ3) is 6.31. The summed E-state index contributed by atoms with van der Waals surface area (Å²) in [6.45, 7) is -0.0328. The molecule has 29 heavy (non-hydrogen) atoms. The molecule has 0 aliphatic rings. The Morgan fingerprint density at radius 2 is 1.52 bits per heavy atom. The highest BCUT2D eigenvalue weighted by Gasteiger charge is 2.21. The van der Waals surface area contributed by atoms with Crippen molar-refractivity contribution in [3.63, 3.8) is 0 Å². The Hall–Kier alpha value is -3.41. The number of carboxylic acid groups (broad SMARTS) is 1. The number of aromatic nitrogens is 2. The van der Waals surface area contributed by atoms with Gasteiger partial charge in [-0.1, -0.05) is 60.7 Å². The van der Waals surface area contributed by atoms with Crippen molar-refractivity contribution in [1.29, 1.82) is 0 Å². The van der Waals surface area contributed by atoms with Crippen LogP contribution < -0.4 is 0 Å². The van der Waals surface area contributed by atoms with Crippen LogP contribution in [-0.2, 0) is 24.1 Å². The average Bonchev–Trinajstić information content (AvgIpc) is 3.21. The van der Waals surface area contributed by atoms with Gasteiger partial charge in [-0.2, -0.15) is 0 Å². The number of amides is 1. The van der Waals surface area contributed by atoms with Gasteiger partial charge in [-0.3, -0.25) is 9.59 Å². The first-order valence-electron chi connectivity index (χ1n) is 9.74. The summed E-state index contributed by atoms with van der Waals surface area (Å²) in [5.41, 5.74) is 3.20. The summed E-state index contributed by atoms with van der Waals surface area (Å²) >= 11 is 0. The molecule has 0 saturated carbocycles. The summed E-state index contributed by atoms with van der Waals surface area (Å²) in [5, 5.41) is 9.18. The van der Waals surface area contributed by atoms with Crippen LogP contribution in [0.25, 0.3) is 0 Å². The van der Waals surface area contributed by atoms with Gasteiger partial charge in [-0.15, -0.1) is 0 Å². The van der Waals surface area contributed by atoms with Crippen molar-refractivity contribution < 1.29 is 14.7 Å². The van der Waals surface area contributed by atoms with E-state index in [-0.39, 0.29) is 12.4 Å². The Kier molecular flexibility index (Phi) is 7.16. The van der Waals surface area contributed by atoms with Gasteiger partial charge in [-0.25, -0.2) is 4.98 Å². The molecule has 150 valence electrons. The predicted molar refractivity (Wildman–Crippen MR) is 111 cm³/mol. The molecule has 0 aliphatic heterocycles. The summed E-state index contributed by atoms with van der Waals surface area (Å²) in [7, 11) is 0. The molecular formula is C23H25N3O3. The SMILES string of the molecule is O=C(O)CN(CCc1ccccc1)C(=O)c1ncc(CCCc2ccccc2)[nH]1. The highest BCUT2D eigenvalue weighted by Crippen LogP contribution is 2.09. The van der Waals surface area contributed by atoms with E-state index in [0.717, 1.165) is 30.5 Å². The second kappa shape index (κ2) is 10.2. The van der Waals surface area contributed by atoms with E-state index in [1.165, 1.54) is 10.5 Å². The third-order valence-corrected chi connectivity index (χ3v) is 4.71. The second-order valence-corrected chi connectivity index (χ2v) is 6.95. The summed E-state index contributed by atoms with van der Waals surface area (Å²) in [4.78, 5) is 32.6. The van der Waals surface area contributed by atoms with Crippen LogP contribution in [0.5, 0.6) is 0 Å². The Morgan fingerprint density at radius 1 is 0.897 bits per heavy atom. The molecular weight excluding hydrogens is 366 g/mol. The van der Waals surface area contributed by atoms with Crippen molar-refractivity contribution in [2.75, 3.05) is 13.1 Å². The molecule has 0 bridgehead atoms. The fourth-order valence-electron chi connectivity index (χ4n) is 3.20. The number of aryl methyl sites for hydroxylation is 2. The standard InChI is InChI=1S/C23H25N3O3/c27-21(28)17-26(15-14-19-10-5-2-6-11-19)23(29)22-24-16-20(25-22)13-7-12-18-8-3-1-4-9-18/h1-6,8-11,16H,7,12-15,17H2,(H,24,25)(H,27,28). The maximum atomic E-state index is 12.8. The molecule has 1 amide bonds. The number of aliphatic carboxylic acids is 1. The molecule has 0 radical (unpaired) electrons. The van der Waals surface area contributed by atoms with Crippen LogP contribution in [-0.4, -0.2) is 44.9 Å². The van der Waals surface area contributed by atoms with E-state index in [2.05, 4.69) is 22.1 Å². The topological polar surface area (TPSA) is 86.3 Å². The van der Waals surface area contributed by atoms with Crippen LogP contribution in [0.1, 0.15) is 33.9 Å². The van der Waals surface area contributed by atoms with Gasteiger partial charge >= 0.3 is 5.97 Å². The quantitative estimate of drug-likeness (QED) is 0.555. The number of hydrogen-bond donors (Lipinski definition) is 2. The first-order chi connectivity index (χ1) is 14.1. The van der Waals surface area contributed by atoms with Crippen LogP contribution in [0, 0.1) is 0 Å². The molecule has 2 N–H and O–H groups in total. The molecule has 1 heterocycles. The summed E-state index contributed by atoms with van der Waals surface area (Å²) in [6, 6.07) is 19.9. The van der Waals surface area contributed by atoms with E-state index in [1.807, 2.05) is 48.5 Å². The zero-order chi connectivity index (χ0) is 20.5. The van der Waals surface area contributed by atoms with E-state index in [9.17, 15) is 14.7 Å². The molecule has 6 nitrogen and oxygen atoms in total. The maximum Gasteiger partial charge on any atom is 0.323 e. The first-order valence-corrected chi connectivity index (χ1v) is 9.74. The predicted octanol–water partition coefficient (Wildman–Crippen LogP) is 3.35. The van der Waals surface area contributed by atoms with E-state index < -0.39 is 11.9 Å². The van der Waals surface area contributed by atoms with Crippen molar-refractivity contribution in [1.82, 2.24) is 14.9 Å². The van der Waals surface area contributed by atoms with Crippen molar-refractivity contribution in [2.45, 2.75) is 25.7 Å². The summed E-state index contributed by atoms with van der Waals surface area (Å²) in [6.07, 6.45) is 4.91. The lowest BCUT2D eigenvalue weighted by Crippen LogP contribution is -2.37. The Labute approximate surface area is 170 Å². The van der Waals surface area contributed by atoms with E-state index in [4.69, 9.17) is 0 Å². The highest BCUT2D eigenvalue weighted by atomic mass is 16.4. The zero-order valence-corrected chi connectivity index (χ0v) is 16.3. The minimum Gasteiger partial charge on any atom is -0.480 e. The number of nitrogens with zero attached hydrogens (tertiary/aromatic N) is 2. The number of rotatable bonds is 10. The number of H-pyrrole nitrogens is 1. The molecule has 0 aliphatic carbocycles. The lowest BCUT2D eigenvalue weighted by atomic mass is 10.1. The molecule has 3 aromatic rings. The number of nitrogens with one attached hydrogen (secondary N) is 1. The molecule has 1 aromatic heterocycles. The number of carboxylic acids is 1. The van der Waals surface area contributed by atoms with Gasteiger partial charge in [0.05, 0.1) is 0 Å². The largest absolute Gasteiger partial charge is 0.480 e. The monoisotopic (exact) mass is 391 g/mol. The fourth-order valence-corrected chi connectivity index (χ4v) is 3.20. The molecule has 0 atom stereocenters. The normalized spacial score (nSPS) is 10.6. The van der Waals surface area contributed by atoms with Crippen LogP contribution in [0.15, 0.2) is 66.9 Å². The van der Waals surface area contributed by atoms with Crippen molar-refractivity contribution in [2.24, 2.45) is 0 Å². The molecule has 3 rings (SSSR count). The zero-order valence-electron chi connectivity index (χ0n) is 16.3. The second-order valence-electron chi connectivity index (χ2n) is 6.95. The van der Waals surface area contributed by atoms with Gasteiger partial charge in [-0.05, 0) is 36.8 Å². The van der Waals surface area contributed by atoms with Gasteiger partial charge in [0.1, 0.15) is 6.54 Å². The number of benzene rings is 2. The van der Waals surface area contributed by atoms with Crippen LogP contribution in [0.2, 0.25) is 0 Å². The number of hydrogen-bond acceptors (Lipinski definition) is 3. The number of imidazole rings is 1. The number of carbonyl (C=O) groups excluding carboxylic acids is 1. The Morgan fingerprint density at radius 3 is 2.14 bits per heavy atom. The minimum atomic E-state index is -1.04. The van der Waals surface area contributed by atoms with E-state index >= 15 is 0 Å². The smallest absolute Gasteiger partial charge is 0.323 e. The molecule has 0 unspecified atom stereocenters. The minimum absolute atomic E-state index is 0.189. The fraction of sp³-hybridized carbons (Fsp3) is 0.261. The van der Waals surface area contributed by atoms with Crippen LogP contribution in [0.4, 0.5) is 0 Å². The van der Waals surface area contributed by atoms with E-state index in [0.29, 0.717) is 13.0 Å². The lowest BCUT2D eigenvalue weighted by molar-refractivity contribution is -0.137. The van der Waals surface area contributed by atoms with Gasteiger partial charge < -0.3 is 15.0 Å². The summed E-state index contributed by atoms with van der Waals surface area (Å²) < 4.78 is 0. The van der Waals surface area contributed by atoms with Crippen molar-refractivity contribution in [3.05, 3.63) is 89.5 Å². The Bertz CT molecular complexity index is 923. The van der Waals surface area contributed by atoms with Gasteiger partial charge in [0.15, 0.2) is 5.82 Å². The Balaban J connectivity index is 1.57. The molecule has 2 aromatic carbocycles. The van der Waals surface area contributed by atoms with Crippen LogP contribution in [0.3, 0.4) is 0 Å². The van der Waals surface area contributed by atoms with Crippen molar-refractivity contribution in [3.8, 4) is 0 Å². The number of carbonyl (C=O) groups is 2. The molecule has 6 heteroatoms. The van der Waals surface area contributed by atoms with E-state index in [1.54, 1.807) is 6.20 Å². The van der Waals surface area contributed by atoms with Gasteiger partial charge in [0.2, 0.25) is 0 Å². The highest BCUT2D eigenvalue weighted by molar-refractivity contribution is 5.92. The summed E-state index contributed by atoms with van der Waals surface area (Å²) in [5.74, 6) is -1.24. The third-order valence-electron chi connectivity index (χ3n) is 4.71. The first kappa shape index (κ1) is 20.3. The van der Waals surface area contributed by atoms with Gasteiger partial charge in [0, 0.05) is 18.4 Å². The number of aromatic amines is 1. The van der Waals surface area contributed by atoms with Gasteiger partial charge in [0.25, 0.3) is 5.91 Å².